The number of amides is 1. The molecule has 0 spiro atoms. The molecule has 0 aliphatic heterocycles. The molecule has 0 unspecified atom stereocenters. The summed E-state index contributed by atoms with van der Waals surface area (Å²) in [4.78, 5) is 12.1. The van der Waals surface area contributed by atoms with Crippen LogP contribution in [-0.4, -0.2) is 25.3 Å². The summed E-state index contributed by atoms with van der Waals surface area (Å²) in [6.07, 6.45) is 0. The standard InChI is InChI=1S/C18H20FNO2S/c1-22-12-14-5-4-7-15(11-14)18(21)20-9-10-23-13-16-6-2-3-8-17(16)19/h2-8,11H,9-10,12-13H2,1H3,(H,20,21). The maximum Gasteiger partial charge on any atom is 0.251 e. The first-order valence-electron chi connectivity index (χ1n) is 7.38. The number of carbonyl (C=O) groups is 1. The number of methoxy groups -OCH3 is 1. The van der Waals surface area contributed by atoms with Gasteiger partial charge in [0.15, 0.2) is 0 Å². The van der Waals surface area contributed by atoms with E-state index in [-0.39, 0.29) is 11.7 Å². The predicted octanol–water partition coefficient (Wildman–Crippen LogP) is 3.64. The minimum Gasteiger partial charge on any atom is -0.380 e. The Morgan fingerprint density at radius 2 is 2.04 bits per heavy atom. The zero-order chi connectivity index (χ0) is 16.5. The molecule has 0 saturated carbocycles. The van der Waals surface area contributed by atoms with Crippen molar-refractivity contribution in [2.24, 2.45) is 0 Å². The third kappa shape index (κ3) is 5.69. The second kappa shape index (κ2) is 9.33. The Morgan fingerprint density at radius 1 is 1.22 bits per heavy atom. The van der Waals surface area contributed by atoms with E-state index in [0.29, 0.717) is 30.0 Å². The van der Waals surface area contributed by atoms with Crippen molar-refractivity contribution >= 4 is 17.7 Å². The molecule has 2 aromatic rings. The molecular formula is C18H20FNO2S. The zero-order valence-corrected chi connectivity index (χ0v) is 13.9. The molecule has 1 N–H and O–H groups in total. The van der Waals surface area contributed by atoms with Crippen LogP contribution < -0.4 is 5.32 Å². The molecular weight excluding hydrogens is 313 g/mol. The van der Waals surface area contributed by atoms with Gasteiger partial charge >= 0.3 is 0 Å². The van der Waals surface area contributed by atoms with Gasteiger partial charge in [-0.25, -0.2) is 4.39 Å². The fourth-order valence-corrected chi connectivity index (χ4v) is 2.95. The third-order valence-electron chi connectivity index (χ3n) is 3.25. The van der Waals surface area contributed by atoms with E-state index in [1.165, 1.54) is 6.07 Å². The van der Waals surface area contributed by atoms with Crippen molar-refractivity contribution in [1.29, 1.82) is 0 Å². The van der Waals surface area contributed by atoms with Crippen LogP contribution >= 0.6 is 11.8 Å². The topological polar surface area (TPSA) is 38.3 Å². The Morgan fingerprint density at radius 3 is 2.83 bits per heavy atom. The van der Waals surface area contributed by atoms with Crippen molar-refractivity contribution in [1.82, 2.24) is 5.32 Å². The van der Waals surface area contributed by atoms with E-state index in [4.69, 9.17) is 4.74 Å². The van der Waals surface area contributed by atoms with E-state index in [0.717, 1.165) is 11.3 Å². The maximum atomic E-state index is 13.5. The van der Waals surface area contributed by atoms with Crippen LogP contribution in [-0.2, 0) is 17.1 Å². The van der Waals surface area contributed by atoms with Crippen LogP contribution in [0.4, 0.5) is 4.39 Å². The fourth-order valence-electron chi connectivity index (χ4n) is 2.11. The van der Waals surface area contributed by atoms with Crippen molar-refractivity contribution < 1.29 is 13.9 Å². The number of carbonyl (C=O) groups excluding carboxylic acids is 1. The summed E-state index contributed by atoms with van der Waals surface area (Å²) in [6, 6.07) is 14.1. The van der Waals surface area contributed by atoms with Crippen LogP contribution in [0, 0.1) is 5.82 Å². The lowest BCUT2D eigenvalue weighted by Gasteiger charge is -2.07. The van der Waals surface area contributed by atoms with Gasteiger partial charge in [-0.1, -0.05) is 30.3 Å². The van der Waals surface area contributed by atoms with Crippen LogP contribution in [0.5, 0.6) is 0 Å². The number of rotatable bonds is 8. The van der Waals surface area contributed by atoms with Gasteiger partial charge in [-0.3, -0.25) is 4.79 Å². The predicted molar refractivity (Wildman–Crippen MR) is 92.1 cm³/mol. The van der Waals surface area contributed by atoms with Crippen molar-refractivity contribution in [2.45, 2.75) is 12.4 Å². The lowest BCUT2D eigenvalue weighted by Crippen LogP contribution is -2.25. The van der Waals surface area contributed by atoms with Crippen molar-refractivity contribution in [3.05, 3.63) is 71.0 Å². The van der Waals surface area contributed by atoms with E-state index in [1.807, 2.05) is 24.3 Å². The molecule has 0 aromatic heterocycles. The summed E-state index contributed by atoms with van der Waals surface area (Å²) in [5.41, 5.74) is 2.28. The van der Waals surface area contributed by atoms with E-state index in [1.54, 1.807) is 37.1 Å². The SMILES string of the molecule is COCc1cccc(C(=O)NCCSCc2ccccc2F)c1. The summed E-state index contributed by atoms with van der Waals surface area (Å²) in [5, 5.41) is 2.87. The number of nitrogens with one attached hydrogen (secondary N) is 1. The van der Waals surface area contributed by atoms with Gasteiger partial charge < -0.3 is 10.1 Å². The number of ether oxygens (including phenoxy) is 1. The van der Waals surface area contributed by atoms with Crippen LogP contribution in [0.3, 0.4) is 0 Å². The quantitative estimate of drug-likeness (QED) is 0.750. The van der Waals surface area contributed by atoms with Gasteiger partial charge in [0.1, 0.15) is 5.82 Å². The first-order valence-corrected chi connectivity index (χ1v) is 8.53. The molecule has 2 aromatic carbocycles. The maximum absolute atomic E-state index is 13.5. The van der Waals surface area contributed by atoms with Gasteiger partial charge in [0, 0.05) is 30.7 Å². The number of hydrogen-bond donors (Lipinski definition) is 1. The van der Waals surface area contributed by atoms with E-state index >= 15 is 0 Å². The van der Waals surface area contributed by atoms with Crippen LogP contribution in [0.2, 0.25) is 0 Å². The average molecular weight is 333 g/mol. The summed E-state index contributed by atoms with van der Waals surface area (Å²) in [5.74, 6) is 1.05. The summed E-state index contributed by atoms with van der Waals surface area (Å²) < 4.78 is 18.5. The van der Waals surface area contributed by atoms with Gasteiger partial charge in [-0.2, -0.15) is 11.8 Å². The Balaban J connectivity index is 1.72. The minimum absolute atomic E-state index is 0.102. The van der Waals surface area contributed by atoms with Gasteiger partial charge in [-0.05, 0) is 29.3 Å². The molecule has 3 nitrogen and oxygen atoms in total. The molecule has 23 heavy (non-hydrogen) atoms. The molecule has 0 atom stereocenters. The second-order valence-corrected chi connectivity index (χ2v) is 6.14. The first kappa shape index (κ1) is 17.5. The van der Waals surface area contributed by atoms with Gasteiger partial charge in [0.25, 0.3) is 5.91 Å². The smallest absolute Gasteiger partial charge is 0.251 e. The Kier molecular flexibility index (Phi) is 7.10. The molecule has 0 heterocycles. The number of thioether (sulfide) groups is 1. The average Bonchev–Trinajstić information content (AvgIpc) is 2.56. The molecule has 0 fully saturated rings. The highest BCUT2D eigenvalue weighted by molar-refractivity contribution is 7.98. The van der Waals surface area contributed by atoms with Gasteiger partial charge in [0.05, 0.1) is 6.61 Å². The van der Waals surface area contributed by atoms with Crippen molar-refractivity contribution in [3.63, 3.8) is 0 Å². The van der Waals surface area contributed by atoms with Crippen molar-refractivity contribution in [3.8, 4) is 0 Å². The zero-order valence-electron chi connectivity index (χ0n) is 13.0. The number of benzene rings is 2. The summed E-state index contributed by atoms with van der Waals surface area (Å²) >= 11 is 1.59. The van der Waals surface area contributed by atoms with E-state index in [2.05, 4.69) is 5.32 Å². The Hall–Kier alpha value is -1.85. The third-order valence-corrected chi connectivity index (χ3v) is 4.26. The molecule has 0 bridgehead atoms. The first-order chi connectivity index (χ1) is 11.2. The highest BCUT2D eigenvalue weighted by Gasteiger charge is 2.06. The van der Waals surface area contributed by atoms with E-state index < -0.39 is 0 Å². The van der Waals surface area contributed by atoms with Crippen LogP contribution in [0.1, 0.15) is 21.5 Å². The molecule has 2 rings (SSSR count). The molecule has 0 radical (unpaired) electrons. The van der Waals surface area contributed by atoms with Crippen LogP contribution in [0.15, 0.2) is 48.5 Å². The molecule has 0 saturated heterocycles. The Labute approximate surface area is 140 Å². The monoisotopic (exact) mass is 333 g/mol. The van der Waals surface area contributed by atoms with E-state index in [9.17, 15) is 9.18 Å². The lowest BCUT2D eigenvalue weighted by molar-refractivity contribution is 0.0956. The largest absolute Gasteiger partial charge is 0.380 e. The van der Waals surface area contributed by atoms with Gasteiger partial charge in [-0.15, -0.1) is 0 Å². The molecule has 5 heteroatoms. The highest BCUT2D eigenvalue weighted by Crippen LogP contribution is 2.14. The molecule has 122 valence electrons. The van der Waals surface area contributed by atoms with Crippen molar-refractivity contribution in [2.75, 3.05) is 19.4 Å². The summed E-state index contributed by atoms with van der Waals surface area (Å²) in [7, 11) is 1.62. The van der Waals surface area contributed by atoms with Gasteiger partial charge in [0.2, 0.25) is 0 Å². The molecule has 1 amide bonds. The molecule has 0 aliphatic rings. The molecule has 0 aliphatic carbocycles. The van der Waals surface area contributed by atoms with Crippen LogP contribution in [0.25, 0.3) is 0 Å². The second-order valence-electron chi connectivity index (χ2n) is 5.03. The highest BCUT2D eigenvalue weighted by atomic mass is 32.2. The number of halogens is 1. The lowest BCUT2D eigenvalue weighted by atomic mass is 10.1. The number of hydrogen-bond acceptors (Lipinski definition) is 3. The normalized spacial score (nSPS) is 10.5. The fraction of sp³-hybridized carbons (Fsp3) is 0.278. The summed E-state index contributed by atoms with van der Waals surface area (Å²) in [6.45, 7) is 1.03. The Bertz CT molecular complexity index is 648. The minimum atomic E-state index is -0.181.